The lowest BCUT2D eigenvalue weighted by atomic mass is 10.1. The molecule has 1 aliphatic heterocycles. The highest BCUT2D eigenvalue weighted by atomic mass is 127. The molecule has 150 valence electrons. The predicted octanol–water partition coefficient (Wildman–Crippen LogP) is 1.42. The topological polar surface area (TPSA) is 108 Å². The van der Waals surface area contributed by atoms with E-state index in [0.29, 0.717) is 31.3 Å². The van der Waals surface area contributed by atoms with E-state index in [1.165, 1.54) is 0 Å². The Kier molecular flexibility index (Phi) is 10.5. The van der Waals surface area contributed by atoms with Gasteiger partial charge in [-0.2, -0.15) is 0 Å². The second kappa shape index (κ2) is 12.3. The van der Waals surface area contributed by atoms with E-state index in [2.05, 4.69) is 25.9 Å². The molecule has 0 aromatic carbocycles. The summed E-state index contributed by atoms with van der Waals surface area (Å²) < 4.78 is 5.01. The Bertz CT molecular complexity index is 620. The van der Waals surface area contributed by atoms with Crippen molar-refractivity contribution in [3.63, 3.8) is 0 Å². The zero-order valence-electron chi connectivity index (χ0n) is 15.6. The summed E-state index contributed by atoms with van der Waals surface area (Å²) >= 11 is 0. The van der Waals surface area contributed by atoms with Gasteiger partial charge in [-0.25, -0.2) is 4.79 Å². The molecule has 1 saturated heterocycles. The zero-order chi connectivity index (χ0) is 18.8. The van der Waals surface area contributed by atoms with Crippen molar-refractivity contribution in [2.24, 2.45) is 4.99 Å². The van der Waals surface area contributed by atoms with Gasteiger partial charge in [0, 0.05) is 32.4 Å². The predicted molar refractivity (Wildman–Crippen MR) is 114 cm³/mol. The number of guanidine groups is 1. The number of piperidine rings is 1. The average molecular weight is 490 g/mol. The summed E-state index contributed by atoms with van der Waals surface area (Å²) in [6.07, 6.45) is 4.55. The number of nitrogens with one attached hydrogen (secondary N) is 3. The average Bonchev–Trinajstić information content (AvgIpc) is 2.66. The standard InChI is InChI=1S/C17H26N6O3.HI/c1-3-26-17(25)23-9-6-13(7-10-23)22-16(18-2)20-12-15(24)21-14-5-4-8-19-11-14;/h4-5,8,11,13H,3,6-7,9-10,12H2,1-2H3,(H,21,24)(H2,18,20,22);1H. The van der Waals surface area contributed by atoms with E-state index in [1.54, 1.807) is 43.4 Å². The highest BCUT2D eigenvalue weighted by molar-refractivity contribution is 14.0. The zero-order valence-corrected chi connectivity index (χ0v) is 17.9. The number of carbonyl (C=O) groups excluding carboxylic acids is 2. The molecule has 0 saturated carbocycles. The van der Waals surface area contributed by atoms with Crippen molar-refractivity contribution in [1.82, 2.24) is 20.5 Å². The Morgan fingerprint density at radius 3 is 2.70 bits per heavy atom. The third-order valence-electron chi connectivity index (χ3n) is 3.95. The summed E-state index contributed by atoms with van der Waals surface area (Å²) in [6, 6.07) is 3.72. The van der Waals surface area contributed by atoms with Crippen LogP contribution in [-0.4, -0.2) is 67.2 Å². The third kappa shape index (κ3) is 7.97. The number of amides is 2. The number of aliphatic imine (C=N–C) groups is 1. The molecule has 1 fully saturated rings. The Balaban J connectivity index is 0.00000364. The van der Waals surface area contributed by atoms with Crippen LogP contribution in [0.5, 0.6) is 0 Å². The van der Waals surface area contributed by atoms with Gasteiger partial charge in [0.2, 0.25) is 5.91 Å². The first-order chi connectivity index (χ1) is 12.6. The maximum Gasteiger partial charge on any atom is 0.409 e. The molecule has 0 radical (unpaired) electrons. The van der Waals surface area contributed by atoms with E-state index < -0.39 is 0 Å². The Labute approximate surface area is 176 Å². The first-order valence-corrected chi connectivity index (χ1v) is 8.71. The molecular weight excluding hydrogens is 463 g/mol. The molecule has 0 atom stereocenters. The van der Waals surface area contributed by atoms with Crippen molar-refractivity contribution in [2.45, 2.75) is 25.8 Å². The Morgan fingerprint density at radius 2 is 2.11 bits per heavy atom. The number of likely N-dealkylation sites (tertiary alicyclic amines) is 1. The second-order valence-electron chi connectivity index (χ2n) is 5.82. The van der Waals surface area contributed by atoms with Gasteiger partial charge in [0.1, 0.15) is 0 Å². The summed E-state index contributed by atoms with van der Waals surface area (Å²) in [5.41, 5.74) is 0.647. The van der Waals surface area contributed by atoms with Crippen molar-refractivity contribution in [3.05, 3.63) is 24.5 Å². The molecule has 2 heterocycles. The van der Waals surface area contributed by atoms with Gasteiger partial charge in [0.15, 0.2) is 5.96 Å². The molecule has 0 bridgehead atoms. The molecule has 0 unspecified atom stereocenters. The fourth-order valence-electron chi connectivity index (χ4n) is 2.62. The molecule has 27 heavy (non-hydrogen) atoms. The second-order valence-corrected chi connectivity index (χ2v) is 5.82. The summed E-state index contributed by atoms with van der Waals surface area (Å²) in [5.74, 6) is 0.374. The number of carbonyl (C=O) groups is 2. The van der Waals surface area contributed by atoms with Crippen LogP contribution in [0.15, 0.2) is 29.5 Å². The van der Waals surface area contributed by atoms with Crippen LogP contribution < -0.4 is 16.0 Å². The van der Waals surface area contributed by atoms with Gasteiger partial charge in [0.05, 0.1) is 25.0 Å². The van der Waals surface area contributed by atoms with Crippen molar-refractivity contribution >= 4 is 47.6 Å². The van der Waals surface area contributed by atoms with Crippen LogP contribution in [0.1, 0.15) is 19.8 Å². The van der Waals surface area contributed by atoms with E-state index in [9.17, 15) is 9.59 Å². The van der Waals surface area contributed by atoms with Crippen LogP contribution in [0.2, 0.25) is 0 Å². The lowest BCUT2D eigenvalue weighted by molar-refractivity contribution is -0.115. The first kappa shape index (κ1) is 22.9. The summed E-state index contributed by atoms with van der Waals surface area (Å²) in [5, 5.41) is 9.03. The Hall–Kier alpha value is -2.11. The van der Waals surface area contributed by atoms with Gasteiger partial charge in [-0.05, 0) is 31.9 Å². The van der Waals surface area contributed by atoms with Gasteiger partial charge < -0.3 is 25.6 Å². The highest BCUT2D eigenvalue weighted by Crippen LogP contribution is 2.11. The maximum atomic E-state index is 12.0. The minimum Gasteiger partial charge on any atom is -0.450 e. The van der Waals surface area contributed by atoms with Gasteiger partial charge in [0.25, 0.3) is 0 Å². The van der Waals surface area contributed by atoms with Gasteiger partial charge >= 0.3 is 6.09 Å². The number of halogens is 1. The molecule has 0 spiro atoms. The molecule has 1 aromatic rings. The SMILES string of the molecule is CCOC(=O)N1CCC(NC(=NC)NCC(=O)Nc2cccnc2)CC1.I. The van der Waals surface area contributed by atoms with Gasteiger partial charge in [-0.15, -0.1) is 24.0 Å². The third-order valence-corrected chi connectivity index (χ3v) is 3.95. The lowest BCUT2D eigenvalue weighted by Crippen LogP contribution is -2.50. The number of rotatable bonds is 5. The molecular formula is C17H27IN6O3. The van der Waals surface area contributed by atoms with Gasteiger partial charge in [-0.1, -0.05) is 0 Å². The lowest BCUT2D eigenvalue weighted by Gasteiger charge is -2.32. The number of nitrogens with zero attached hydrogens (tertiary/aromatic N) is 3. The minimum atomic E-state index is -0.263. The van der Waals surface area contributed by atoms with Crippen LogP contribution in [0, 0.1) is 0 Å². The van der Waals surface area contributed by atoms with Crippen molar-refractivity contribution in [3.8, 4) is 0 Å². The normalized spacial score (nSPS) is 14.7. The van der Waals surface area contributed by atoms with Crippen molar-refractivity contribution < 1.29 is 14.3 Å². The summed E-state index contributed by atoms with van der Waals surface area (Å²) in [6.45, 7) is 3.54. The van der Waals surface area contributed by atoms with E-state index in [4.69, 9.17) is 4.74 Å². The van der Waals surface area contributed by atoms with Crippen molar-refractivity contribution in [1.29, 1.82) is 0 Å². The molecule has 9 nitrogen and oxygen atoms in total. The monoisotopic (exact) mass is 490 g/mol. The molecule has 1 aromatic heterocycles. The molecule has 2 rings (SSSR count). The molecule has 10 heteroatoms. The largest absolute Gasteiger partial charge is 0.450 e. The Morgan fingerprint density at radius 1 is 1.37 bits per heavy atom. The first-order valence-electron chi connectivity index (χ1n) is 8.71. The highest BCUT2D eigenvalue weighted by Gasteiger charge is 2.24. The number of anilines is 1. The molecule has 2 amide bonds. The number of pyridine rings is 1. The van der Waals surface area contributed by atoms with E-state index >= 15 is 0 Å². The molecule has 0 aliphatic carbocycles. The number of hydrogen-bond acceptors (Lipinski definition) is 5. The molecule has 3 N–H and O–H groups in total. The van der Waals surface area contributed by atoms with Crippen LogP contribution in [0.4, 0.5) is 10.5 Å². The van der Waals surface area contributed by atoms with Crippen LogP contribution in [-0.2, 0) is 9.53 Å². The summed E-state index contributed by atoms with van der Waals surface area (Å²) in [4.78, 5) is 33.5. The van der Waals surface area contributed by atoms with Crippen LogP contribution >= 0.6 is 24.0 Å². The fraction of sp³-hybridized carbons (Fsp3) is 0.529. The summed E-state index contributed by atoms with van der Waals surface area (Å²) in [7, 11) is 1.65. The quantitative estimate of drug-likeness (QED) is 0.328. The number of ether oxygens (including phenoxy) is 1. The smallest absolute Gasteiger partial charge is 0.409 e. The van der Waals surface area contributed by atoms with E-state index in [0.717, 1.165) is 12.8 Å². The fourth-order valence-corrected chi connectivity index (χ4v) is 2.62. The van der Waals surface area contributed by atoms with E-state index in [-0.39, 0.29) is 48.6 Å². The van der Waals surface area contributed by atoms with E-state index in [1.807, 2.05) is 0 Å². The number of hydrogen-bond donors (Lipinski definition) is 3. The minimum absolute atomic E-state index is 0. The van der Waals surface area contributed by atoms with Crippen molar-refractivity contribution in [2.75, 3.05) is 38.6 Å². The number of aromatic nitrogens is 1. The van der Waals surface area contributed by atoms with Gasteiger partial charge in [-0.3, -0.25) is 14.8 Å². The molecule has 1 aliphatic rings. The van der Waals surface area contributed by atoms with Crippen LogP contribution in [0.25, 0.3) is 0 Å². The van der Waals surface area contributed by atoms with Crippen LogP contribution in [0.3, 0.4) is 0 Å². The maximum absolute atomic E-state index is 12.0.